The zero-order valence-electron chi connectivity index (χ0n) is 21.4. The Bertz CT molecular complexity index is 1140. The number of fused-ring (bicyclic) bond motifs is 1. The molecule has 5 unspecified atom stereocenters. The van der Waals surface area contributed by atoms with Gasteiger partial charge in [0.15, 0.2) is 5.78 Å². The lowest BCUT2D eigenvalue weighted by Crippen LogP contribution is -2.55. The van der Waals surface area contributed by atoms with Gasteiger partial charge in [0.25, 0.3) is 0 Å². The van der Waals surface area contributed by atoms with Crippen LogP contribution in [0.2, 0.25) is 0 Å². The molecular weight excluding hydrogens is 521 g/mol. The molecule has 0 radical (unpaired) electrons. The lowest BCUT2D eigenvalue weighted by atomic mass is 9.92. The molecule has 4 rings (SSSR count). The number of amides is 4. The number of hydrogen-bond acceptors (Lipinski definition) is 6. The zero-order chi connectivity index (χ0) is 28.3. The fraction of sp³-hybridized carbons (Fsp3) is 0.577. The maximum atomic E-state index is 13.6. The minimum absolute atomic E-state index is 0.0284. The average molecular weight is 553 g/mol. The predicted molar refractivity (Wildman–Crippen MR) is 131 cm³/mol. The van der Waals surface area contributed by atoms with Gasteiger partial charge in [-0.25, -0.2) is 0 Å². The first-order valence-electron chi connectivity index (χ1n) is 12.9. The molecule has 1 saturated carbocycles. The van der Waals surface area contributed by atoms with E-state index in [0.717, 1.165) is 18.4 Å². The summed E-state index contributed by atoms with van der Waals surface area (Å²) in [5, 5.41) is 7.66. The van der Waals surface area contributed by atoms with Crippen molar-refractivity contribution in [3.63, 3.8) is 0 Å². The highest BCUT2D eigenvalue weighted by molar-refractivity contribution is 6.40. The number of benzene rings is 1. The van der Waals surface area contributed by atoms with Crippen LogP contribution < -0.4 is 16.0 Å². The Morgan fingerprint density at radius 3 is 2.56 bits per heavy atom. The van der Waals surface area contributed by atoms with Gasteiger partial charge in [-0.3, -0.25) is 28.7 Å². The van der Waals surface area contributed by atoms with Crippen LogP contribution in [0.5, 0.6) is 0 Å². The number of ether oxygens (including phenoxy) is 1. The number of carbonyl (C=O) groups excluding carboxylic acids is 5. The van der Waals surface area contributed by atoms with E-state index in [2.05, 4.69) is 20.7 Å². The van der Waals surface area contributed by atoms with Crippen molar-refractivity contribution < 1.29 is 41.9 Å². The number of anilines is 1. The highest BCUT2D eigenvalue weighted by Crippen LogP contribution is 2.42. The Labute approximate surface area is 223 Å². The molecule has 2 saturated heterocycles. The number of carbonyl (C=O) groups is 5. The van der Waals surface area contributed by atoms with E-state index < -0.39 is 54.5 Å². The topological polar surface area (TPSA) is 134 Å². The molecule has 2 aliphatic heterocycles. The minimum Gasteiger partial charge on any atom is -0.356 e. The van der Waals surface area contributed by atoms with E-state index >= 15 is 0 Å². The Morgan fingerprint density at radius 1 is 1.15 bits per heavy atom. The van der Waals surface area contributed by atoms with Crippen LogP contribution >= 0.6 is 0 Å². The van der Waals surface area contributed by atoms with Crippen LogP contribution in [0.4, 0.5) is 18.9 Å². The van der Waals surface area contributed by atoms with E-state index in [4.69, 9.17) is 0 Å². The third-order valence-electron chi connectivity index (χ3n) is 7.77. The lowest BCUT2D eigenvalue weighted by Gasteiger charge is -2.29. The smallest absolute Gasteiger partial charge is 0.356 e. The van der Waals surface area contributed by atoms with Gasteiger partial charge in [-0.05, 0) is 56.1 Å². The molecule has 1 aromatic rings. The summed E-state index contributed by atoms with van der Waals surface area (Å²) in [4.78, 5) is 65.6. The largest absolute Gasteiger partial charge is 0.522 e. The summed E-state index contributed by atoms with van der Waals surface area (Å²) in [6.07, 6.45) is -2.71. The SMILES string of the molecule is Cc1ccccc1NC(=O)C(=O)N1CC2CCCC2C1C(=O)NC(CC1CCNC1=O)C(=O)COC(F)(F)F. The summed E-state index contributed by atoms with van der Waals surface area (Å²) in [5.74, 6) is -4.95. The highest BCUT2D eigenvalue weighted by Gasteiger charge is 2.51. The summed E-state index contributed by atoms with van der Waals surface area (Å²) in [6, 6.07) is 4.37. The number of likely N-dealkylation sites (tertiary alicyclic amines) is 1. The van der Waals surface area contributed by atoms with Gasteiger partial charge < -0.3 is 20.9 Å². The number of aryl methyl sites for hydroxylation is 1. The third-order valence-corrected chi connectivity index (χ3v) is 7.77. The van der Waals surface area contributed by atoms with Gasteiger partial charge in [-0.2, -0.15) is 0 Å². The number of nitrogens with zero attached hydrogens (tertiary/aromatic N) is 1. The van der Waals surface area contributed by atoms with E-state index in [0.29, 0.717) is 25.1 Å². The molecule has 2 heterocycles. The molecule has 3 fully saturated rings. The van der Waals surface area contributed by atoms with Crippen molar-refractivity contribution in [3.8, 4) is 0 Å². The number of Topliss-reactive ketones (excluding diaryl/α,β-unsaturated/α-hetero) is 1. The van der Waals surface area contributed by atoms with Gasteiger partial charge in [0.2, 0.25) is 11.8 Å². The van der Waals surface area contributed by atoms with Gasteiger partial charge >= 0.3 is 18.2 Å². The molecule has 212 valence electrons. The first-order chi connectivity index (χ1) is 18.4. The van der Waals surface area contributed by atoms with Crippen LogP contribution in [0.25, 0.3) is 0 Å². The Morgan fingerprint density at radius 2 is 1.90 bits per heavy atom. The maximum absolute atomic E-state index is 13.6. The third kappa shape index (κ3) is 6.75. The predicted octanol–water partition coefficient (Wildman–Crippen LogP) is 1.68. The molecule has 3 aliphatic rings. The zero-order valence-corrected chi connectivity index (χ0v) is 21.4. The van der Waals surface area contributed by atoms with Crippen molar-refractivity contribution in [3.05, 3.63) is 29.8 Å². The minimum atomic E-state index is -5.05. The average Bonchev–Trinajstić information content (AvgIpc) is 3.58. The number of rotatable bonds is 8. The highest BCUT2D eigenvalue weighted by atomic mass is 19.4. The van der Waals surface area contributed by atoms with Crippen LogP contribution in [0, 0.1) is 24.7 Å². The van der Waals surface area contributed by atoms with Gasteiger partial charge in [0.05, 0.1) is 6.04 Å². The first kappa shape index (κ1) is 28.5. The van der Waals surface area contributed by atoms with Crippen molar-refractivity contribution in [2.24, 2.45) is 17.8 Å². The van der Waals surface area contributed by atoms with E-state index in [1.165, 1.54) is 4.90 Å². The molecule has 1 aromatic carbocycles. The summed E-state index contributed by atoms with van der Waals surface area (Å²) in [7, 11) is 0. The van der Waals surface area contributed by atoms with E-state index in [9.17, 15) is 37.1 Å². The molecule has 1 aliphatic carbocycles. The number of nitrogens with one attached hydrogen (secondary N) is 3. The summed E-state index contributed by atoms with van der Waals surface area (Å²) in [5.41, 5.74) is 1.19. The fourth-order valence-corrected chi connectivity index (χ4v) is 5.81. The fourth-order valence-electron chi connectivity index (χ4n) is 5.81. The van der Waals surface area contributed by atoms with E-state index in [1.54, 1.807) is 31.2 Å². The van der Waals surface area contributed by atoms with E-state index in [-0.39, 0.29) is 30.7 Å². The molecule has 0 spiro atoms. The Kier molecular flexibility index (Phi) is 8.57. The van der Waals surface area contributed by atoms with Gasteiger partial charge in [0.1, 0.15) is 12.6 Å². The number of halogens is 3. The Balaban J connectivity index is 1.51. The molecule has 10 nitrogen and oxygen atoms in total. The van der Waals surface area contributed by atoms with Crippen molar-refractivity contribution in [1.29, 1.82) is 0 Å². The molecule has 0 aromatic heterocycles. The summed E-state index contributed by atoms with van der Waals surface area (Å²) < 4.78 is 41.4. The van der Waals surface area contributed by atoms with Gasteiger partial charge in [-0.1, -0.05) is 24.6 Å². The van der Waals surface area contributed by atoms with Crippen molar-refractivity contribution in [1.82, 2.24) is 15.5 Å². The second-order valence-corrected chi connectivity index (χ2v) is 10.3. The van der Waals surface area contributed by atoms with Crippen molar-refractivity contribution in [2.75, 3.05) is 25.0 Å². The van der Waals surface area contributed by atoms with Crippen LogP contribution in [0.15, 0.2) is 24.3 Å². The van der Waals surface area contributed by atoms with Crippen LogP contribution in [-0.2, 0) is 28.7 Å². The number of hydrogen-bond donors (Lipinski definition) is 3. The van der Waals surface area contributed by atoms with Crippen molar-refractivity contribution >= 4 is 35.1 Å². The summed E-state index contributed by atoms with van der Waals surface area (Å²) in [6.45, 7) is 0.952. The van der Waals surface area contributed by atoms with E-state index in [1.807, 2.05) is 0 Å². The number of alkyl halides is 3. The second-order valence-electron chi connectivity index (χ2n) is 10.3. The summed E-state index contributed by atoms with van der Waals surface area (Å²) >= 11 is 0. The monoisotopic (exact) mass is 552 g/mol. The molecule has 5 atom stereocenters. The second kappa shape index (κ2) is 11.7. The standard InChI is InChI=1S/C26H31F3N4O6/c1-14-5-2-3-8-18(14)31-24(37)25(38)33-12-16-6-4-7-17(16)21(33)23(36)32-19(11-15-9-10-30-22(15)35)20(34)13-39-26(27,28)29/h2-3,5,8,15-17,19,21H,4,6-7,9-13H2,1H3,(H,30,35)(H,31,37)(H,32,36). The Hall–Kier alpha value is -3.48. The molecule has 13 heteroatoms. The van der Waals surface area contributed by atoms with Crippen molar-refractivity contribution in [2.45, 2.75) is 57.5 Å². The molecule has 4 amide bonds. The number of para-hydroxylation sites is 1. The molecular formula is C26H31F3N4O6. The lowest BCUT2D eigenvalue weighted by molar-refractivity contribution is -0.321. The molecule has 3 N–H and O–H groups in total. The number of ketones is 1. The van der Waals surface area contributed by atoms with Crippen LogP contribution in [-0.4, -0.2) is 72.5 Å². The van der Waals surface area contributed by atoms with Gasteiger partial charge in [-0.15, -0.1) is 13.2 Å². The molecule has 0 bridgehead atoms. The first-order valence-corrected chi connectivity index (χ1v) is 12.9. The van der Waals surface area contributed by atoms with Crippen LogP contribution in [0.1, 0.15) is 37.7 Å². The normalized spacial score (nSPS) is 25.1. The van der Waals surface area contributed by atoms with Crippen LogP contribution in [0.3, 0.4) is 0 Å². The molecule has 39 heavy (non-hydrogen) atoms. The van der Waals surface area contributed by atoms with Gasteiger partial charge in [0, 0.05) is 24.7 Å². The quantitative estimate of drug-likeness (QED) is 0.421. The maximum Gasteiger partial charge on any atom is 0.522 e.